The smallest absolute Gasteiger partial charge is 0.264 e. The fourth-order valence-electron chi connectivity index (χ4n) is 3.66. The maximum absolute atomic E-state index is 13.0. The molecule has 0 aliphatic heterocycles. The van der Waals surface area contributed by atoms with Crippen molar-refractivity contribution in [2.75, 3.05) is 23.7 Å². The molecule has 1 fully saturated rings. The van der Waals surface area contributed by atoms with Crippen LogP contribution in [-0.4, -0.2) is 38.9 Å². The van der Waals surface area contributed by atoms with Gasteiger partial charge in [-0.2, -0.15) is 11.8 Å². The molecular weight excluding hydrogens is 416 g/mol. The first-order chi connectivity index (χ1) is 14.4. The van der Waals surface area contributed by atoms with E-state index in [-0.39, 0.29) is 10.8 Å². The number of para-hydroxylation sites is 1. The maximum Gasteiger partial charge on any atom is 0.264 e. The second kappa shape index (κ2) is 10.4. The Morgan fingerprint density at radius 3 is 2.43 bits per heavy atom. The van der Waals surface area contributed by atoms with E-state index in [0.717, 1.165) is 11.3 Å². The third-order valence-corrected chi connectivity index (χ3v) is 8.63. The number of carbonyl (C=O) groups excluding carboxylic acids is 1. The number of hydrogen-bond donors (Lipinski definition) is 1. The molecule has 5 nitrogen and oxygen atoms in total. The molecule has 0 heterocycles. The van der Waals surface area contributed by atoms with Gasteiger partial charge in [0.15, 0.2) is 0 Å². The molecule has 1 saturated carbocycles. The maximum atomic E-state index is 13.0. The summed E-state index contributed by atoms with van der Waals surface area (Å²) in [5, 5.41) is 3.65. The second-order valence-electron chi connectivity index (χ2n) is 7.69. The first kappa shape index (κ1) is 22.7. The Bertz CT molecular complexity index is 953. The minimum absolute atomic E-state index is 0.203. The summed E-state index contributed by atoms with van der Waals surface area (Å²) in [7, 11) is -2.27. The van der Waals surface area contributed by atoms with Crippen LogP contribution in [0.4, 0.5) is 5.69 Å². The van der Waals surface area contributed by atoms with E-state index >= 15 is 0 Å². The lowest BCUT2D eigenvalue weighted by molar-refractivity contribution is 0.0957. The summed E-state index contributed by atoms with van der Waals surface area (Å²) in [6.07, 6.45) is 6.48. The molecule has 0 spiro atoms. The zero-order valence-corrected chi connectivity index (χ0v) is 19.3. The van der Waals surface area contributed by atoms with Gasteiger partial charge in [-0.25, -0.2) is 8.42 Å². The van der Waals surface area contributed by atoms with E-state index in [1.54, 1.807) is 48.5 Å². The van der Waals surface area contributed by atoms with Crippen molar-refractivity contribution in [3.8, 4) is 0 Å². The van der Waals surface area contributed by atoms with Crippen LogP contribution in [0.15, 0.2) is 53.4 Å². The third-order valence-electron chi connectivity index (χ3n) is 5.46. The van der Waals surface area contributed by atoms with E-state index in [0.29, 0.717) is 23.0 Å². The van der Waals surface area contributed by atoms with Crippen molar-refractivity contribution in [3.63, 3.8) is 0 Å². The molecule has 1 amide bonds. The zero-order valence-electron chi connectivity index (χ0n) is 17.6. The van der Waals surface area contributed by atoms with E-state index in [9.17, 15) is 13.2 Å². The topological polar surface area (TPSA) is 66.5 Å². The van der Waals surface area contributed by atoms with Gasteiger partial charge in [-0.15, -0.1) is 0 Å². The van der Waals surface area contributed by atoms with Crippen LogP contribution in [0.2, 0.25) is 0 Å². The number of sulfonamides is 1. The highest BCUT2D eigenvalue weighted by Crippen LogP contribution is 2.28. The van der Waals surface area contributed by atoms with Gasteiger partial charge in [0.05, 0.1) is 16.1 Å². The van der Waals surface area contributed by atoms with Crippen molar-refractivity contribution in [2.45, 2.75) is 49.2 Å². The van der Waals surface area contributed by atoms with E-state index in [4.69, 9.17) is 0 Å². The molecule has 0 atom stereocenters. The number of aryl methyl sites for hydroxylation is 1. The predicted molar refractivity (Wildman–Crippen MR) is 125 cm³/mol. The Labute approximate surface area is 184 Å². The summed E-state index contributed by atoms with van der Waals surface area (Å²) < 4.78 is 27.3. The first-order valence-electron chi connectivity index (χ1n) is 10.4. The highest BCUT2D eigenvalue weighted by Gasteiger charge is 2.25. The normalized spacial score (nSPS) is 15.0. The highest BCUT2D eigenvalue weighted by atomic mass is 32.2. The molecule has 162 valence electrons. The monoisotopic (exact) mass is 446 g/mol. The highest BCUT2D eigenvalue weighted by molar-refractivity contribution is 7.99. The van der Waals surface area contributed by atoms with Gasteiger partial charge in [0.25, 0.3) is 15.9 Å². The van der Waals surface area contributed by atoms with E-state index in [1.807, 2.05) is 18.7 Å². The average molecular weight is 447 g/mol. The van der Waals surface area contributed by atoms with Crippen molar-refractivity contribution in [1.82, 2.24) is 5.32 Å². The fourth-order valence-corrected chi connectivity index (χ4v) is 6.09. The average Bonchev–Trinajstić information content (AvgIpc) is 2.77. The van der Waals surface area contributed by atoms with Crippen LogP contribution >= 0.6 is 11.8 Å². The van der Waals surface area contributed by atoms with Crippen LogP contribution in [0, 0.1) is 6.92 Å². The van der Waals surface area contributed by atoms with Gasteiger partial charge in [-0.05, 0) is 44.0 Å². The number of carbonyl (C=O) groups is 1. The molecule has 1 N–H and O–H groups in total. The Morgan fingerprint density at radius 1 is 1.07 bits per heavy atom. The number of amides is 1. The standard InChI is InChI=1S/C23H30N2O3S2/c1-18-12-14-20(15-13-18)30(27,28)25(2)22-11-7-6-10-21(22)23(26)24-16-17-29-19-8-4-3-5-9-19/h6-7,10-15,19H,3-5,8-9,16-17H2,1-2H3,(H,24,26). The van der Waals surface area contributed by atoms with Crippen LogP contribution in [0.5, 0.6) is 0 Å². The molecule has 0 bridgehead atoms. The number of benzene rings is 2. The zero-order chi connectivity index (χ0) is 21.6. The van der Waals surface area contributed by atoms with Gasteiger partial charge in [0.2, 0.25) is 0 Å². The minimum atomic E-state index is -3.76. The second-order valence-corrected chi connectivity index (χ2v) is 11.1. The lowest BCUT2D eigenvalue weighted by Gasteiger charge is -2.22. The molecule has 0 saturated heterocycles. The fraction of sp³-hybridized carbons (Fsp3) is 0.435. The number of nitrogens with one attached hydrogen (secondary N) is 1. The Morgan fingerprint density at radius 2 is 1.73 bits per heavy atom. The van der Waals surface area contributed by atoms with Gasteiger partial charge < -0.3 is 5.32 Å². The molecule has 2 aromatic carbocycles. The lowest BCUT2D eigenvalue weighted by Crippen LogP contribution is -2.31. The number of rotatable bonds is 8. The molecule has 3 rings (SSSR count). The molecular formula is C23H30N2O3S2. The van der Waals surface area contributed by atoms with Crippen molar-refractivity contribution < 1.29 is 13.2 Å². The number of hydrogen-bond acceptors (Lipinski definition) is 4. The van der Waals surface area contributed by atoms with Crippen LogP contribution < -0.4 is 9.62 Å². The summed E-state index contributed by atoms with van der Waals surface area (Å²) in [5.41, 5.74) is 1.72. The van der Waals surface area contributed by atoms with Crippen molar-refractivity contribution in [2.24, 2.45) is 0 Å². The summed E-state index contributed by atoms with van der Waals surface area (Å²) >= 11 is 1.93. The van der Waals surface area contributed by atoms with Gasteiger partial charge in [0, 0.05) is 24.6 Å². The SMILES string of the molecule is Cc1ccc(S(=O)(=O)N(C)c2ccccc2C(=O)NCCSC2CCCCC2)cc1. The van der Waals surface area contributed by atoms with Crippen LogP contribution in [0.25, 0.3) is 0 Å². The largest absolute Gasteiger partial charge is 0.351 e. The predicted octanol–water partition coefficient (Wildman–Crippen LogP) is 4.62. The summed E-state index contributed by atoms with van der Waals surface area (Å²) in [4.78, 5) is 13.0. The summed E-state index contributed by atoms with van der Waals surface area (Å²) in [6.45, 7) is 2.48. The third kappa shape index (κ3) is 5.58. The van der Waals surface area contributed by atoms with E-state index < -0.39 is 10.0 Å². The Balaban J connectivity index is 1.67. The molecule has 7 heteroatoms. The van der Waals surface area contributed by atoms with Crippen molar-refractivity contribution in [3.05, 3.63) is 59.7 Å². The Kier molecular flexibility index (Phi) is 7.83. The molecule has 1 aliphatic carbocycles. The van der Waals surface area contributed by atoms with Crippen LogP contribution in [0.1, 0.15) is 48.0 Å². The van der Waals surface area contributed by atoms with Crippen molar-refractivity contribution >= 4 is 33.4 Å². The van der Waals surface area contributed by atoms with Gasteiger partial charge in [-0.3, -0.25) is 9.10 Å². The molecule has 2 aromatic rings. The van der Waals surface area contributed by atoms with Crippen LogP contribution in [-0.2, 0) is 10.0 Å². The summed E-state index contributed by atoms with van der Waals surface area (Å²) in [6, 6.07) is 13.5. The molecule has 0 aromatic heterocycles. The molecule has 0 unspecified atom stereocenters. The minimum Gasteiger partial charge on any atom is -0.351 e. The molecule has 30 heavy (non-hydrogen) atoms. The van der Waals surface area contributed by atoms with E-state index in [2.05, 4.69) is 5.32 Å². The molecule has 0 radical (unpaired) electrons. The lowest BCUT2D eigenvalue weighted by atomic mass is 10.0. The van der Waals surface area contributed by atoms with Gasteiger partial charge in [0.1, 0.15) is 0 Å². The van der Waals surface area contributed by atoms with Crippen molar-refractivity contribution in [1.29, 1.82) is 0 Å². The Hall–Kier alpha value is -1.99. The number of thioether (sulfide) groups is 1. The van der Waals surface area contributed by atoms with Gasteiger partial charge in [-0.1, -0.05) is 49.1 Å². The summed E-state index contributed by atoms with van der Waals surface area (Å²) in [5.74, 6) is 0.622. The number of anilines is 1. The number of nitrogens with zero attached hydrogens (tertiary/aromatic N) is 1. The van der Waals surface area contributed by atoms with E-state index in [1.165, 1.54) is 43.5 Å². The van der Waals surface area contributed by atoms with Gasteiger partial charge >= 0.3 is 0 Å². The first-order valence-corrected chi connectivity index (χ1v) is 12.9. The molecule has 1 aliphatic rings. The van der Waals surface area contributed by atoms with Crippen LogP contribution in [0.3, 0.4) is 0 Å². The quantitative estimate of drug-likeness (QED) is 0.601.